The molecule has 1 fully saturated rings. The summed E-state index contributed by atoms with van der Waals surface area (Å²) in [7, 11) is 0. The van der Waals surface area contributed by atoms with Gasteiger partial charge in [-0.3, -0.25) is 4.79 Å². The van der Waals surface area contributed by atoms with E-state index in [9.17, 15) is 40.5 Å². The molecule has 8 N–H and O–H groups in total. The molecular weight excluding hydrogens is 530 g/mol. The Labute approximate surface area is 228 Å². The maximum Gasteiger partial charge on any atom is 0.259 e. The second-order valence-electron chi connectivity index (χ2n) is 8.83. The molecule has 0 bridgehead atoms. The topological polar surface area (TPSA) is 208 Å². The van der Waals surface area contributed by atoms with Crippen molar-refractivity contribution in [2.45, 2.75) is 31.0 Å². The van der Waals surface area contributed by atoms with Crippen LogP contribution in [0, 0.1) is 0 Å². The first-order valence-electron chi connectivity index (χ1n) is 12.2. The molecule has 0 aliphatic carbocycles. The van der Waals surface area contributed by atoms with Crippen molar-refractivity contribution < 1.29 is 59.5 Å². The second-order valence-corrected chi connectivity index (χ2v) is 8.83. The Balaban J connectivity index is 1.36. The molecule has 13 heteroatoms. The van der Waals surface area contributed by atoms with Gasteiger partial charge in [0, 0.05) is 6.42 Å². The van der Waals surface area contributed by atoms with Gasteiger partial charge >= 0.3 is 0 Å². The molecule has 1 aliphatic heterocycles. The van der Waals surface area contributed by atoms with E-state index in [0.29, 0.717) is 5.69 Å². The van der Waals surface area contributed by atoms with Gasteiger partial charge in [-0.1, -0.05) is 18.2 Å². The van der Waals surface area contributed by atoms with Crippen LogP contribution in [-0.4, -0.2) is 86.1 Å². The summed E-state index contributed by atoms with van der Waals surface area (Å²) in [5.41, 5.74) is 0.167. The van der Waals surface area contributed by atoms with Crippen molar-refractivity contribution in [3.8, 4) is 40.2 Å². The maximum absolute atomic E-state index is 12.6. The van der Waals surface area contributed by atoms with Gasteiger partial charge < -0.3 is 60.0 Å². The number of ether oxygens (including phenoxy) is 4. The average Bonchev–Trinajstić information content (AvgIpc) is 2.93. The molecule has 1 amide bonds. The highest BCUT2D eigenvalue weighted by Crippen LogP contribution is 2.43. The van der Waals surface area contributed by atoms with E-state index in [1.54, 1.807) is 24.3 Å². The molecule has 40 heavy (non-hydrogen) atoms. The lowest BCUT2D eigenvalue weighted by Crippen LogP contribution is -2.49. The highest BCUT2D eigenvalue weighted by molar-refractivity contribution is 6.07. The minimum Gasteiger partial charge on any atom is -0.504 e. The number of para-hydroxylation sites is 3. The van der Waals surface area contributed by atoms with Gasteiger partial charge in [0.05, 0.1) is 23.5 Å². The third kappa shape index (κ3) is 6.58. The van der Waals surface area contributed by atoms with Crippen LogP contribution in [0.4, 0.5) is 5.69 Å². The summed E-state index contributed by atoms with van der Waals surface area (Å²) in [6, 6.07) is 13.1. The first kappa shape index (κ1) is 28.6. The van der Waals surface area contributed by atoms with E-state index in [1.807, 2.05) is 0 Å². The Bertz CT molecular complexity index is 1320. The Morgan fingerprint density at radius 2 is 1.52 bits per heavy atom. The van der Waals surface area contributed by atoms with Crippen LogP contribution in [-0.2, 0) is 4.74 Å². The lowest BCUT2D eigenvalue weighted by molar-refractivity contribution is -0.250. The number of rotatable bonds is 10. The second kappa shape index (κ2) is 12.6. The molecule has 214 valence electrons. The summed E-state index contributed by atoms with van der Waals surface area (Å²) in [6.07, 6.45) is -5.16. The van der Waals surface area contributed by atoms with E-state index in [1.165, 1.54) is 30.3 Å². The van der Waals surface area contributed by atoms with Crippen LogP contribution in [0.15, 0.2) is 54.6 Å². The molecular formula is C27H29NO12. The summed E-state index contributed by atoms with van der Waals surface area (Å²) in [6.45, 7) is -0.320. The SMILES string of the molecule is O=C(Nc1ccccc1OCCOc1ccc(O)c(O)c1OC[C@@H]1C[C@H](O)[C@@H](O)[C@H](O)O1)c1cccc(O)c1O. The summed E-state index contributed by atoms with van der Waals surface area (Å²) in [5.74, 6) is -2.59. The highest BCUT2D eigenvalue weighted by atomic mass is 16.6. The zero-order valence-electron chi connectivity index (χ0n) is 21.0. The molecule has 1 aliphatic rings. The summed E-state index contributed by atoms with van der Waals surface area (Å²) >= 11 is 0. The number of aliphatic hydroxyl groups is 3. The number of phenols is 4. The number of aliphatic hydroxyl groups excluding tert-OH is 3. The molecule has 13 nitrogen and oxygen atoms in total. The van der Waals surface area contributed by atoms with Gasteiger partial charge in [-0.2, -0.15) is 0 Å². The number of carbonyl (C=O) groups is 1. The van der Waals surface area contributed by atoms with Gasteiger partial charge in [-0.05, 0) is 36.4 Å². The van der Waals surface area contributed by atoms with E-state index >= 15 is 0 Å². The fourth-order valence-electron chi connectivity index (χ4n) is 3.91. The Morgan fingerprint density at radius 3 is 2.27 bits per heavy atom. The minimum absolute atomic E-state index is 0.0205. The minimum atomic E-state index is -1.61. The number of amides is 1. The fourth-order valence-corrected chi connectivity index (χ4v) is 3.91. The largest absolute Gasteiger partial charge is 0.504 e. The Morgan fingerprint density at radius 1 is 0.825 bits per heavy atom. The van der Waals surface area contributed by atoms with Crippen LogP contribution in [0.2, 0.25) is 0 Å². The predicted octanol–water partition coefficient (Wildman–Crippen LogP) is 1.43. The summed E-state index contributed by atoms with van der Waals surface area (Å²) < 4.78 is 22.1. The third-order valence-electron chi connectivity index (χ3n) is 6.00. The van der Waals surface area contributed by atoms with E-state index < -0.39 is 53.5 Å². The number of aromatic hydroxyl groups is 4. The molecule has 0 saturated carbocycles. The maximum atomic E-state index is 12.6. The molecule has 0 radical (unpaired) electrons. The normalized spacial score (nSPS) is 20.5. The van der Waals surface area contributed by atoms with Crippen LogP contribution in [0.25, 0.3) is 0 Å². The quantitative estimate of drug-likeness (QED) is 0.131. The monoisotopic (exact) mass is 559 g/mol. The molecule has 0 spiro atoms. The molecule has 1 saturated heterocycles. The van der Waals surface area contributed by atoms with Crippen LogP contribution in [0.5, 0.6) is 40.2 Å². The first-order valence-corrected chi connectivity index (χ1v) is 12.2. The van der Waals surface area contributed by atoms with Crippen LogP contribution in [0.1, 0.15) is 16.8 Å². The lowest BCUT2D eigenvalue weighted by atomic mass is 10.0. The van der Waals surface area contributed by atoms with Gasteiger partial charge in [-0.15, -0.1) is 0 Å². The van der Waals surface area contributed by atoms with Gasteiger partial charge in [0.15, 0.2) is 29.3 Å². The van der Waals surface area contributed by atoms with Crippen molar-refractivity contribution in [3.05, 3.63) is 60.2 Å². The van der Waals surface area contributed by atoms with Gasteiger partial charge in [0.2, 0.25) is 11.5 Å². The number of hydrogen-bond acceptors (Lipinski definition) is 12. The van der Waals surface area contributed by atoms with Gasteiger partial charge in [0.1, 0.15) is 31.7 Å². The van der Waals surface area contributed by atoms with Crippen LogP contribution in [0.3, 0.4) is 0 Å². The number of carbonyl (C=O) groups excluding carboxylic acids is 1. The Kier molecular flexibility index (Phi) is 9.01. The fraction of sp³-hybridized carbons (Fsp3) is 0.296. The Hall–Kier alpha value is -4.43. The zero-order chi connectivity index (χ0) is 28.8. The predicted molar refractivity (Wildman–Crippen MR) is 138 cm³/mol. The van der Waals surface area contributed by atoms with E-state index in [4.69, 9.17) is 18.9 Å². The van der Waals surface area contributed by atoms with Crippen molar-refractivity contribution in [2.24, 2.45) is 0 Å². The smallest absolute Gasteiger partial charge is 0.259 e. The molecule has 4 atom stereocenters. The van der Waals surface area contributed by atoms with Crippen molar-refractivity contribution in [3.63, 3.8) is 0 Å². The van der Waals surface area contributed by atoms with E-state index in [2.05, 4.69) is 5.32 Å². The zero-order valence-corrected chi connectivity index (χ0v) is 21.0. The molecule has 4 rings (SSSR count). The van der Waals surface area contributed by atoms with Crippen molar-refractivity contribution in [1.29, 1.82) is 0 Å². The number of hydrogen-bond donors (Lipinski definition) is 8. The molecule has 0 aromatic heterocycles. The average molecular weight is 560 g/mol. The standard InChI is InChI=1S/C27H29NO12/c29-17-6-3-4-15(22(17)32)26(35)28-16-5-1-2-7-20(16)37-10-11-38-21-9-8-18(30)23(33)25(21)39-13-14-12-19(31)24(34)27(36)40-14/h1-9,14,19,24,27,29-34,36H,10-13H2,(H,28,35)/t14-,19-,24+,27+/m0/s1. The van der Waals surface area contributed by atoms with Gasteiger partial charge in [-0.25, -0.2) is 0 Å². The number of phenolic OH excluding ortho intramolecular Hbond substituents is 4. The highest BCUT2D eigenvalue weighted by Gasteiger charge is 2.36. The van der Waals surface area contributed by atoms with Crippen molar-refractivity contribution in [1.82, 2.24) is 0 Å². The van der Waals surface area contributed by atoms with Crippen molar-refractivity contribution >= 4 is 11.6 Å². The third-order valence-corrected chi connectivity index (χ3v) is 6.00. The van der Waals surface area contributed by atoms with E-state index in [0.717, 1.165) is 0 Å². The molecule has 3 aromatic rings. The number of anilines is 1. The van der Waals surface area contributed by atoms with Gasteiger partial charge in [0.25, 0.3) is 5.91 Å². The van der Waals surface area contributed by atoms with Crippen LogP contribution < -0.4 is 19.5 Å². The summed E-state index contributed by atoms with van der Waals surface area (Å²) in [4.78, 5) is 12.6. The molecule has 0 unspecified atom stereocenters. The lowest BCUT2D eigenvalue weighted by Gasteiger charge is -2.34. The van der Waals surface area contributed by atoms with Crippen molar-refractivity contribution in [2.75, 3.05) is 25.1 Å². The number of benzene rings is 3. The summed E-state index contributed by atoms with van der Waals surface area (Å²) in [5, 5.41) is 71.6. The first-order chi connectivity index (χ1) is 19.2. The van der Waals surface area contributed by atoms with Crippen LogP contribution >= 0.6 is 0 Å². The van der Waals surface area contributed by atoms with E-state index in [-0.39, 0.29) is 49.1 Å². The molecule has 1 heterocycles. The molecule has 3 aromatic carbocycles. The number of nitrogens with one attached hydrogen (secondary N) is 1.